The smallest absolute Gasteiger partial charge is 0.141 e. The van der Waals surface area contributed by atoms with E-state index in [0.717, 1.165) is 4.47 Å². The summed E-state index contributed by atoms with van der Waals surface area (Å²) < 4.78 is 6.46. The van der Waals surface area contributed by atoms with Gasteiger partial charge in [-0.1, -0.05) is 23.2 Å². The second-order valence-electron chi connectivity index (χ2n) is 3.59. The molecule has 18 heavy (non-hydrogen) atoms. The molecule has 0 atom stereocenters. The third-order valence-corrected chi connectivity index (χ3v) is 3.40. The lowest BCUT2D eigenvalue weighted by atomic mass is 10.2. The van der Waals surface area contributed by atoms with Crippen molar-refractivity contribution in [3.63, 3.8) is 0 Å². The first-order valence-electron chi connectivity index (χ1n) is 5.12. The minimum atomic E-state index is -0.138. The van der Waals surface area contributed by atoms with Crippen molar-refractivity contribution < 1.29 is 9.84 Å². The lowest BCUT2D eigenvalue weighted by molar-refractivity contribution is 0.276. The fourth-order valence-corrected chi connectivity index (χ4v) is 2.41. The van der Waals surface area contributed by atoms with Crippen LogP contribution in [-0.4, -0.2) is 5.11 Å². The quantitative estimate of drug-likeness (QED) is 0.842. The van der Waals surface area contributed by atoms with E-state index in [4.69, 9.17) is 27.9 Å². The predicted octanol–water partition coefficient (Wildman–Crippen LogP) is 5.04. The molecule has 0 aliphatic heterocycles. The van der Waals surface area contributed by atoms with Gasteiger partial charge in [0, 0.05) is 15.6 Å². The van der Waals surface area contributed by atoms with Crippen LogP contribution in [0.2, 0.25) is 10.0 Å². The molecule has 0 spiro atoms. The third-order valence-electron chi connectivity index (χ3n) is 2.31. The lowest BCUT2D eigenvalue weighted by Gasteiger charge is -2.11. The van der Waals surface area contributed by atoms with E-state index in [1.807, 2.05) is 0 Å². The van der Waals surface area contributed by atoms with Gasteiger partial charge in [0.25, 0.3) is 0 Å². The number of benzene rings is 2. The molecule has 2 aromatic rings. The SMILES string of the molecule is OCc1cc(Cl)ccc1Oc1ccc(Cl)cc1Br. The van der Waals surface area contributed by atoms with Crippen LogP contribution < -0.4 is 4.74 Å². The van der Waals surface area contributed by atoms with Gasteiger partial charge in [0.1, 0.15) is 11.5 Å². The minimum Gasteiger partial charge on any atom is -0.456 e. The van der Waals surface area contributed by atoms with Crippen LogP contribution in [0.1, 0.15) is 5.56 Å². The van der Waals surface area contributed by atoms with Crippen LogP contribution >= 0.6 is 39.1 Å². The van der Waals surface area contributed by atoms with Gasteiger partial charge < -0.3 is 9.84 Å². The Balaban J connectivity index is 2.33. The van der Waals surface area contributed by atoms with Crippen LogP contribution in [0.3, 0.4) is 0 Å². The first kappa shape index (κ1) is 13.7. The second-order valence-corrected chi connectivity index (χ2v) is 5.31. The zero-order valence-electron chi connectivity index (χ0n) is 9.16. The van der Waals surface area contributed by atoms with E-state index in [9.17, 15) is 5.11 Å². The van der Waals surface area contributed by atoms with Gasteiger partial charge >= 0.3 is 0 Å². The molecule has 2 nitrogen and oxygen atoms in total. The molecule has 0 aromatic heterocycles. The predicted molar refractivity (Wildman–Crippen MR) is 76.6 cm³/mol. The highest BCUT2D eigenvalue weighted by Gasteiger charge is 2.08. The molecular weight excluding hydrogens is 339 g/mol. The number of ether oxygens (including phenoxy) is 1. The summed E-state index contributed by atoms with van der Waals surface area (Å²) in [4.78, 5) is 0. The van der Waals surface area contributed by atoms with Gasteiger partial charge in [-0.2, -0.15) is 0 Å². The van der Waals surface area contributed by atoms with E-state index in [-0.39, 0.29) is 6.61 Å². The van der Waals surface area contributed by atoms with Crippen LogP contribution in [0.5, 0.6) is 11.5 Å². The Morgan fingerprint density at radius 1 is 1.00 bits per heavy atom. The molecule has 0 aliphatic carbocycles. The van der Waals surface area contributed by atoms with Gasteiger partial charge in [-0.05, 0) is 52.3 Å². The van der Waals surface area contributed by atoms with E-state index in [0.29, 0.717) is 27.1 Å². The average molecular weight is 348 g/mol. The Hall–Kier alpha value is -0.740. The standard InChI is InChI=1S/C13H9BrCl2O2/c14-11-6-10(16)2-4-13(11)18-12-3-1-9(15)5-8(12)7-17/h1-6,17H,7H2. The van der Waals surface area contributed by atoms with Gasteiger partial charge in [-0.25, -0.2) is 0 Å². The van der Waals surface area contributed by atoms with Crippen molar-refractivity contribution in [1.82, 2.24) is 0 Å². The second kappa shape index (κ2) is 5.93. The highest BCUT2D eigenvalue weighted by Crippen LogP contribution is 2.34. The maximum atomic E-state index is 9.26. The summed E-state index contributed by atoms with van der Waals surface area (Å²) in [5, 5.41) is 10.4. The Bertz CT molecular complexity index is 573. The highest BCUT2D eigenvalue weighted by molar-refractivity contribution is 9.10. The molecule has 0 heterocycles. The molecule has 94 valence electrons. The summed E-state index contributed by atoms with van der Waals surface area (Å²) in [6.07, 6.45) is 0. The molecule has 0 aliphatic rings. The Morgan fingerprint density at radius 2 is 1.61 bits per heavy atom. The van der Waals surface area contributed by atoms with Gasteiger partial charge in [0.15, 0.2) is 0 Å². The van der Waals surface area contributed by atoms with Gasteiger partial charge in [0.2, 0.25) is 0 Å². The molecule has 0 fully saturated rings. The zero-order chi connectivity index (χ0) is 13.1. The summed E-state index contributed by atoms with van der Waals surface area (Å²) in [7, 11) is 0. The maximum absolute atomic E-state index is 9.26. The van der Waals surface area contributed by atoms with Crippen LogP contribution in [0.4, 0.5) is 0 Å². The first-order valence-corrected chi connectivity index (χ1v) is 6.67. The number of halogens is 3. The summed E-state index contributed by atoms with van der Waals surface area (Å²) in [5.74, 6) is 1.18. The van der Waals surface area contributed by atoms with Crippen LogP contribution in [0.25, 0.3) is 0 Å². The van der Waals surface area contributed by atoms with Crippen molar-refractivity contribution in [2.24, 2.45) is 0 Å². The molecule has 1 N–H and O–H groups in total. The fourth-order valence-electron chi connectivity index (χ4n) is 1.45. The number of aliphatic hydroxyl groups excluding tert-OH is 1. The number of aliphatic hydroxyl groups is 1. The fraction of sp³-hybridized carbons (Fsp3) is 0.0769. The molecule has 0 bridgehead atoms. The molecule has 2 aromatic carbocycles. The maximum Gasteiger partial charge on any atom is 0.141 e. The van der Waals surface area contributed by atoms with Crippen LogP contribution in [0, 0.1) is 0 Å². The average Bonchev–Trinajstić information content (AvgIpc) is 2.34. The van der Waals surface area contributed by atoms with E-state index < -0.39 is 0 Å². The van der Waals surface area contributed by atoms with Crippen LogP contribution in [0.15, 0.2) is 40.9 Å². The van der Waals surface area contributed by atoms with Crippen molar-refractivity contribution in [3.05, 3.63) is 56.5 Å². The molecule has 0 unspecified atom stereocenters. The summed E-state index contributed by atoms with van der Waals surface area (Å²) >= 11 is 15.1. The van der Waals surface area contributed by atoms with Crippen molar-refractivity contribution >= 4 is 39.1 Å². The monoisotopic (exact) mass is 346 g/mol. The molecule has 0 saturated carbocycles. The Labute approximate surface area is 123 Å². The van der Waals surface area contributed by atoms with Crippen molar-refractivity contribution in [2.45, 2.75) is 6.61 Å². The molecule has 0 amide bonds. The molecule has 0 radical (unpaired) electrons. The lowest BCUT2D eigenvalue weighted by Crippen LogP contribution is -1.92. The summed E-state index contributed by atoms with van der Waals surface area (Å²) in [6.45, 7) is -0.138. The van der Waals surface area contributed by atoms with Crippen molar-refractivity contribution in [2.75, 3.05) is 0 Å². The number of rotatable bonds is 3. The van der Waals surface area contributed by atoms with Crippen LogP contribution in [-0.2, 0) is 6.61 Å². The normalized spacial score (nSPS) is 10.4. The van der Waals surface area contributed by atoms with E-state index in [2.05, 4.69) is 15.9 Å². The van der Waals surface area contributed by atoms with Gasteiger partial charge in [-0.15, -0.1) is 0 Å². The van der Waals surface area contributed by atoms with Crippen molar-refractivity contribution in [3.8, 4) is 11.5 Å². The Kier molecular flexibility index (Phi) is 4.51. The largest absolute Gasteiger partial charge is 0.456 e. The van der Waals surface area contributed by atoms with E-state index in [1.54, 1.807) is 36.4 Å². The highest BCUT2D eigenvalue weighted by atomic mass is 79.9. The molecule has 0 saturated heterocycles. The number of hydrogen-bond acceptors (Lipinski definition) is 2. The zero-order valence-corrected chi connectivity index (χ0v) is 12.3. The molecular formula is C13H9BrCl2O2. The molecule has 2 rings (SSSR count). The van der Waals surface area contributed by atoms with E-state index >= 15 is 0 Å². The summed E-state index contributed by atoms with van der Waals surface area (Å²) in [5.41, 5.74) is 0.629. The number of hydrogen-bond donors (Lipinski definition) is 1. The van der Waals surface area contributed by atoms with Crippen molar-refractivity contribution in [1.29, 1.82) is 0 Å². The van der Waals surface area contributed by atoms with Gasteiger partial charge in [-0.3, -0.25) is 0 Å². The molecule has 5 heteroatoms. The van der Waals surface area contributed by atoms with Gasteiger partial charge in [0.05, 0.1) is 11.1 Å². The topological polar surface area (TPSA) is 29.5 Å². The Morgan fingerprint density at radius 3 is 2.22 bits per heavy atom. The minimum absolute atomic E-state index is 0.138. The third kappa shape index (κ3) is 3.18. The summed E-state index contributed by atoms with van der Waals surface area (Å²) in [6, 6.07) is 10.3. The van der Waals surface area contributed by atoms with E-state index in [1.165, 1.54) is 0 Å². The first-order chi connectivity index (χ1) is 8.60.